The zero-order valence-electron chi connectivity index (χ0n) is 17.4. The van der Waals surface area contributed by atoms with Gasteiger partial charge in [-0.05, 0) is 25.1 Å². The summed E-state index contributed by atoms with van der Waals surface area (Å²) in [5.41, 5.74) is 3.03. The van der Waals surface area contributed by atoms with Crippen molar-refractivity contribution < 1.29 is 28.8 Å². The fourth-order valence-electron chi connectivity index (χ4n) is 3.14. The van der Waals surface area contributed by atoms with Crippen LogP contribution in [0.2, 0.25) is 5.02 Å². The molecule has 0 aromatic heterocycles. The van der Waals surface area contributed by atoms with Gasteiger partial charge in [0, 0.05) is 23.7 Å². The van der Waals surface area contributed by atoms with Crippen molar-refractivity contribution in [3.8, 4) is 0 Å². The van der Waals surface area contributed by atoms with Crippen LogP contribution in [0.25, 0.3) is 0 Å². The quantitative estimate of drug-likeness (QED) is 0.355. The van der Waals surface area contributed by atoms with Crippen LogP contribution in [0.4, 0.5) is 11.4 Å². The molecule has 0 saturated carbocycles. The predicted molar refractivity (Wildman–Crippen MR) is 116 cm³/mol. The number of rotatable bonds is 7. The molecule has 2 aromatic rings. The molecule has 1 aliphatic rings. The Balaban J connectivity index is 1.51. The molecule has 1 heterocycles. The minimum Gasteiger partial charge on any atom is -0.455 e. The zero-order chi connectivity index (χ0) is 24.1. The number of esters is 1. The van der Waals surface area contributed by atoms with E-state index in [9.17, 15) is 29.3 Å². The molecule has 0 bridgehead atoms. The highest BCUT2D eigenvalue weighted by Gasteiger charge is 2.37. The Morgan fingerprint density at radius 3 is 2.67 bits per heavy atom. The number of halogens is 1. The summed E-state index contributed by atoms with van der Waals surface area (Å²) in [6, 6.07) is 10.5. The molecule has 3 amide bonds. The second-order valence-corrected chi connectivity index (χ2v) is 7.65. The van der Waals surface area contributed by atoms with Gasteiger partial charge in [-0.15, -0.1) is 0 Å². The van der Waals surface area contributed by atoms with Gasteiger partial charge >= 0.3 is 5.97 Å². The number of carbonyl (C=O) groups is 4. The summed E-state index contributed by atoms with van der Waals surface area (Å²) >= 11 is 5.97. The number of hydrogen-bond donors (Lipinski definition) is 2. The van der Waals surface area contributed by atoms with Gasteiger partial charge in [-0.25, -0.2) is 0 Å². The number of hydrazine groups is 1. The summed E-state index contributed by atoms with van der Waals surface area (Å²) in [4.78, 5) is 59.3. The number of hydrogen-bond acceptors (Lipinski definition) is 7. The Morgan fingerprint density at radius 1 is 1.24 bits per heavy atom. The maximum atomic E-state index is 12.3. The van der Waals surface area contributed by atoms with Crippen LogP contribution in [0.1, 0.15) is 22.3 Å². The molecular weight excluding hydrogens is 456 g/mol. The van der Waals surface area contributed by atoms with Gasteiger partial charge in [0.2, 0.25) is 5.91 Å². The highest BCUT2D eigenvalue weighted by molar-refractivity contribution is 6.33. The summed E-state index contributed by atoms with van der Waals surface area (Å²) < 4.78 is 4.97. The van der Waals surface area contributed by atoms with Gasteiger partial charge in [-0.1, -0.05) is 29.8 Å². The molecule has 2 N–H and O–H groups in total. The third kappa shape index (κ3) is 5.83. The topological polar surface area (TPSA) is 148 Å². The molecule has 1 saturated heterocycles. The van der Waals surface area contributed by atoms with Crippen molar-refractivity contribution in [1.29, 1.82) is 0 Å². The molecule has 0 spiro atoms. The molecule has 3 rings (SSSR count). The first-order valence-electron chi connectivity index (χ1n) is 9.73. The van der Waals surface area contributed by atoms with Gasteiger partial charge < -0.3 is 10.1 Å². The molecule has 0 radical (unpaired) electrons. The number of nitrogens with zero attached hydrogens (tertiary/aromatic N) is 2. The SMILES string of the molecule is Cc1ccc(NC(=O)COC(=O)[C@H]2CC(=O)N(NC(=O)c3ccccc3Cl)C2)cc1[N+](=O)[O-]. The van der Waals surface area contributed by atoms with Crippen molar-refractivity contribution in [2.24, 2.45) is 5.92 Å². The highest BCUT2D eigenvalue weighted by atomic mass is 35.5. The molecule has 0 unspecified atom stereocenters. The summed E-state index contributed by atoms with van der Waals surface area (Å²) in [5.74, 6) is -3.46. The van der Waals surface area contributed by atoms with E-state index in [1.807, 2.05) is 0 Å². The first-order valence-corrected chi connectivity index (χ1v) is 10.1. The van der Waals surface area contributed by atoms with Crippen LogP contribution < -0.4 is 10.7 Å². The van der Waals surface area contributed by atoms with Crippen molar-refractivity contribution in [2.45, 2.75) is 13.3 Å². The normalized spacial score (nSPS) is 15.2. The fraction of sp³-hybridized carbons (Fsp3) is 0.238. The first kappa shape index (κ1) is 23.7. The largest absolute Gasteiger partial charge is 0.455 e. The van der Waals surface area contributed by atoms with E-state index >= 15 is 0 Å². The second-order valence-electron chi connectivity index (χ2n) is 7.24. The van der Waals surface area contributed by atoms with Crippen LogP contribution >= 0.6 is 11.6 Å². The van der Waals surface area contributed by atoms with Crippen LogP contribution in [-0.2, 0) is 19.1 Å². The third-order valence-corrected chi connectivity index (χ3v) is 5.18. The summed E-state index contributed by atoms with van der Waals surface area (Å²) in [5, 5.41) is 14.6. The van der Waals surface area contributed by atoms with Crippen molar-refractivity contribution >= 4 is 46.7 Å². The van der Waals surface area contributed by atoms with Gasteiger partial charge in [0.1, 0.15) is 0 Å². The highest BCUT2D eigenvalue weighted by Crippen LogP contribution is 2.23. The molecule has 11 nitrogen and oxygen atoms in total. The van der Waals surface area contributed by atoms with E-state index in [4.69, 9.17) is 16.3 Å². The second kappa shape index (κ2) is 10.1. The lowest BCUT2D eigenvalue weighted by Gasteiger charge is -2.18. The van der Waals surface area contributed by atoms with Crippen molar-refractivity contribution in [1.82, 2.24) is 10.4 Å². The van der Waals surface area contributed by atoms with E-state index < -0.39 is 41.1 Å². The molecule has 12 heteroatoms. The number of carbonyl (C=O) groups excluding carboxylic acids is 4. The smallest absolute Gasteiger partial charge is 0.311 e. The van der Waals surface area contributed by atoms with Crippen molar-refractivity contribution in [2.75, 3.05) is 18.5 Å². The molecule has 2 aromatic carbocycles. The Hall–Kier alpha value is -3.99. The maximum absolute atomic E-state index is 12.3. The van der Waals surface area contributed by atoms with Crippen LogP contribution in [0, 0.1) is 23.0 Å². The number of nitrogens with one attached hydrogen (secondary N) is 2. The Bertz CT molecular complexity index is 1140. The van der Waals surface area contributed by atoms with Gasteiger partial charge in [0.25, 0.3) is 17.5 Å². The van der Waals surface area contributed by atoms with Crippen molar-refractivity contribution in [3.05, 3.63) is 68.7 Å². The van der Waals surface area contributed by atoms with Gasteiger partial charge in [0.05, 0.1) is 28.0 Å². The Kier molecular flexibility index (Phi) is 7.23. The minimum atomic E-state index is -0.877. The summed E-state index contributed by atoms with van der Waals surface area (Å²) in [6.07, 6.45) is -0.201. The summed E-state index contributed by atoms with van der Waals surface area (Å²) in [6.45, 7) is 0.797. The average molecular weight is 475 g/mol. The molecule has 0 aliphatic carbocycles. The lowest BCUT2D eigenvalue weighted by molar-refractivity contribution is -0.385. The Labute approximate surface area is 192 Å². The number of amides is 3. The number of aryl methyl sites for hydroxylation is 1. The standard InChI is InChI=1S/C21H19ClN4O7/c1-12-6-7-14(9-17(12)26(31)32)23-18(27)11-33-21(30)13-8-19(28)25(10-13)24-20(29)15-4-2-3-5-16(15)22/h2-7,9,13H,8,10-11H2,1H3,(H,23,27)(H,24,29)/t13-/m0/s1. The number of anilines is 1. The maximum Gasteiger partial charge on any atom is 0.311 e. The van der Waals surface area contributed by atoms with Crippen LogP contribution in [0.3, 0.4) is 0 Å². The van der Waals surface area contributed by atoms with Crippen LogP contribution in [-0.4, -0.2) is 46.8 Å². The number of ether oxygens (including phenoxy) is 1. The predicted octanol–water partition coefficient (Wildman–Crippen LogP) is 2.23. The molecule has 172 valence electrons. The Morgan fingerprint density at radius 2 is 1.97 bits per heavy atom. The van der Waals surface area contributed by atoms with Crippen LogP contribution in [0.5, 0.6) is 0 Å². The number of benzene rings is 2. The minimum absolute atomic E-state index is 0.125. The van der Waals surface area contributed by atoms with E-state index in [2.05, 4.69) is 10.7 Å². The number of nitro groups is 1. The molecule has 33 heavy (non-hydrogen) atoms. The van der Waals surface area contributed by atoms with Gasteiger partial charge in [-0.3, -0.25) is 39.7 Å². The monoisotopic (exact) mass is 474 g/mol. The first-order chi connectivity index (χ1) is 15.7. The zero-order valence-corrected chi connectivity index (χ0v) is 18.1. The lowest BCUT2D eigenvalue weighted by Crippen LogP contribution is -2.43. The molecule has 1 fully saturated rings. The van der Waals surface area contributed by atoms with E-state index in [1.165, 1.54) is 30.3 Å². The fourth-order valence-corrected chi connectivity index (χ4v) is 3.36. The van der Waals surface area contributed by atoms with E-state index in [0.717, 1.165) is 5.01 Å². The summed E-state index contributed by atoms with van der Waals surface area (Å²) in [7, 11) is 0. The molecule has 1 aliphatic heterocycles. The number of nitro benzene ring substituents is 1. The lowest BCUT2D eigenvalue weighted by atomic mass is 10.1. The third-order valence-electron chi connectivity index (χ3n) is 4.85. The van der Waals surface area contributed by atoms with Crippen LogP contribution in [0.15, 0.2) is 42.5 Å². The van der Waals surface area contributed by atoms with E-state index in [1.54, 1.807) is 19.1 Å². The van der Waals surface area contributed by atoms with Crippen molar-refractivity contribution in [3.63, 3.8) is 0 Å². The van der Waals surface area contributed by atoms with E-state index in [-0.39, 0.29) is 34.9 Å². The molecular formula is C21H19ClN4O7. The van der Waals surface area contributed by atoms with Gasteiger partial charge in [-0.2, -0.15) is 0 Å². The molecule has 1 atom stereocenters. The average Bonchev–Trinajstić information content (AvgIpc) is 3.13. The van der Waals surface area contributed by atoms with E-state index in [0.29, 0.717) is 5.56 Å². The van der Waals surface area contributed by atoms with Gasteiger partial charge in [0.15, 0.2) is 6.61 Å².